The lowest BCUT2D eigenvalue weighted by atomic mass is 10.1. The van der Waals surface area contributed by atoms with Crippen LogP contribution in [0, 0.1) is 11.8 Å². The van der Waals surface area contributed by atoms with Crippen molar-refractivity contribution >= 4 is 5.91 Å². The summed E-state index contributed by atoms with van der Waals surface area (Å²) in [6.45, 7) is 0.830. The van der Waals surface area contributed by atoms with E-state index in [0.29, 0.717) is 18.1 Å². The summed E-state index contributed by atoms with van der Waals surface area (Å²) in [5.74, 6) is 1.34. The Morgan fingerprint density at radius 2 is 1.93 bits per heavy atom. The Morgan fingerprint density at radius 3 is 2.57 bits per heavy atom. The number of amides is 1. The van der Waals surface area contributed by atoms with Gasteiger partial charge < -0.3 is 10.1 Å². The molecule has 14 heavy (non-hydrogen) atoms. The Hall–Kier alpha value is -0.570. The summed E-state index contributed by atoms with van der Waals surface area (Å²) in [6, 6.07) is 0.315. The molecule has 0 aromatic rings. The SMILES string of the molecule is O=C(NC1CCOC1C1CC1)C1CC1. The van der Waals surface area contributed by atoms with Gasteiger partial charge in [-0.2, -0.15) is 0 Å². The number of hydrogen-bond acceptors (Lipinski definition) is 2. The zero-order valence-electron chi connectivity index (χ0n) is 8.37. The molecule has 0 aromatic carbocycles. The van der Waals surface area contributed by atoms with Gasteiger partial charge in [-0.1, -0.05) is 0 Å². The van der Waals surface area contributed by atoms with E-state index in [4.69, 9.17) is 4.74 Å². The average Bonchev–Trinajstić information content (AvgIpc) is 3.06. The molecule has 1 aliphatic heterocycles. The van der Waals surface area contributed by atoms with E-state index in [1.807, 2.05) is 0 Å². The minimum atomic E-state index is 0.270. The van der Waals surface area contributed by atoms with Gasteiger partial charge in [0, 0.05) is 12.5 Å². The first-order valence-corrected chi connectivity index (χ1v) is 5.76. The van der Waals surface area contributed by atoms with Crippen LogP contribution < -0.4 is 5.32 Å². The highest BCUT2D eigenvalue weighted by atomic mass is 16.5. The van der Waals surface area contributed by atoms with Crippen molar-refractivity contribution in [2.45, 2.75) is 44.2 Å². The highest BCUT2D eigenvalue weighted by Gasteiger charge is 2.42. The quantitative estimate of drug-likeness (QED) is 0.731. The third-order valence-corrected chi connectivity index (χ3v) is 3.50. The molecule has 1 heterocycles. The lowest BCUT2D eigenvalue weighted by Gasteiger charge is -2.19. The molecule has 2 atom stereocenters. The van der Waals surface area contributed by atoms with Crippen molar-refractivity contribution in [3.63, 3.8) is 0 Å². The Morgan fingerprint density at radius 1 is 1.14 bits per heavy atom. The van der Waals surface area contributed by atoms with E-state index in [0.717, 1.165) is 31.8 Å². The van der Waals surface area contributed by atoms with E-state index in [-0.39, 0.29) is 5.91 Å². The molecule has 2 unspecified atom stereocenters. The summed E-state index contributed by atoms with van der Waals surface area (Å²) in [4.78, 5) is 11.6. The van der Waals surface area contributed by atoms with Crippen LogP contribution >= 0.6 is 0 Å². The third kappa shape index (κ3) is 1.65. The molecule has 0 bridgehead atoms. The molecule has 1 amide bonds. The summed E-state index contributed by atoms with van der Waals surface area (Å²) >= 11 is 0. The van der Waals surface area contributed by atoms with Gasteiger partial charge in [-0.3, -0.25) is 4.79 Å². The van der Waals surface area contributed by atoms with E-state index >= 15 is 0 Å². The van der Waals surface area contributed by atoms with Crippen molar-refractivity contribution in [3.05, 3.63) is 0 Å². The lowest BCUT2D eigenvalue weighted by Crippen LogP contribution is -2.42. The Kier molecular flexibility index (Phi) is 2.01. The maximum absolute atomic E-state index is 11.6. The smallest absolute Gasteiger partial charge is 0.223 e. The maximum atomic E-state index is 11.6. The van der Waals surface area contributed by atoms with Gasteiger partial charge in [-0.05, 0) is 38.0 Å². The summed E-state index contributed by atoms with van der Waals surface area (Å²) < 4.78 is 5.68. The van der Waals surface area contributed by atoms with Gasteiger partial charge in [0.2, 0.25) is 5.91 Å². The molecule has 0 spiro atoms. The van der Waals surface area contributed by atoms with Crippen molar-refractivity contribution in [1.82, 2.24) is 5.32 Å². The van der Waals surface area contributed by atoms with Crippen molar-refractivity contribution < 1.29 is 9.53 Å². The predicted octanol–water partition coefficient (Wildman–Crippen LogP) is 1.08. The molecule has 2 aliphatic carbocycles. The fraction of sp³-hybridized carbons (Fsp3) is 0.909. The van der Waals surface area contributed by atoms with Crippen molar-refractivity contribution in [3.8, 4) is 0 Å². The molecule has 3 aliphatic rings. The van der Waals surface area contributed by atoms with E-state index in [1.165, 1.54) is 12.8 Å². The molecule has 1 saturated heterocycles. The molecule has 2 saturated carbocycles. The Labute approximate surface area is 84.2 Å². The molecule has 0 radical (unpaired) electrons. The molecule has 3 rings (SSSR count). The van der Waals surface area contributed by atoms with E-state index in [2.05, 4.69) is 5.32 Å². The van der Waals surface area contributed by atoms with Crippen LogP contribution in [-0.4, -0.2) is 24.7 Å². The molecule has 3 nitrogen and oxygen atoms in total. The molecule has 3 heteroatoms. The Balaban J connectivity index is 1.56. The third-order valence-electron chi connectivity index (χ3n) is 3.50. The van der Waals surface area contributed by atoms with Gasteiger partial charge in [0.25, 0.3) is 0 Å². The molecule has 1 N–H and O–H groups in total. The second kappa shape index (κ2) is 3.23. The van der Waals surface area contributed by atoms with Gasteiger partial charge in [-0.25, -0.2) is 0 Å². The highest BCUT2D eigenvalue weighted by Crippen LogP contribution is 2.39. The van der Waals surface area contributed by atoms with Crippen molar-refractivity contribution in [2.24, 2.45) is 11.8 Å². The van der Waals surface area contributed by atoms with Crippen molar-refractivity contribution in [2.75, 3.05) is 6.61 Å². The second-order valence-corrected chi connectivity index (χ2v) is 4.85. The summed E-state index contributed by atoms with van der Waals surface area (Å²) in [6.07, 6.45) is 6.11. The fourth-order valence-corrected chi connectivity index (χ4v) is 2.30. The number of nitrogens with one attached hydrogen (secondary N) is 1. The van der Waals surface area contributed by atoms with Gasteiger partial charge in [0.1, 0.15) is 0 Å². The second-order valence-electron chi connectivity index (χ2n) is 4.85. The van der Waals surface area contributed by atoms with E-state index in [1.54, 1.807) is 0 Å². The molecule has 3 fully saturated rings. The zero-order valence-corrected chi connectivity index (χ0v) is 8.37. The topological polar surface area (TPSA) is 38.3 Å². The molecular formula is C11H17NO2. The van der Waals surface area contributed by atoms with Crippen LogP contribution in [-0.2, 0) is 9.53 Å². The largest absolute Gasteiger partial charge is 0.376 e. The number of ether oxygens (including phenoxy) is 1. The van der Waals surface area contributed by atoms with Crippen LogP contribution in [0.25, 0.3) is 0 Å². The number of rotatable bonds is 3. The minimum absolute atomic E-state index is 0.270. The average molecular weight is 195 g/mol. The zero-order chi connectivity index (χ0) is 9.54. The number of hydrogen-bond donors (Lipinski definition) is 1. The maximum Gasteiger partial charge on any atom is 0.223 e. The van der Waals surface area contributed by atoms with Crippen LogP contribution in [0.2, 0.25) is 0 Å². The van der Waals surface area contributed by atoms with Crippen LogP contribution in [0.4, 0.5) is 0 Å². The number of carbonyl (C=O) groups excluding carboxylic acids is 1. The first-order valence-electron chi connectivity index (χ1n) is 5.76. The Bertz CT molecular complexity index is 246. The van der Waals surface area contributed by atoms with E-state index in [9.17, 15) is 4.79 Å². The molecular weight excluding hydrogens is 178 g/mol. The van der Waals surface area contributed by atoms with Crippen LogP contribution in [0.5, 0.6) is 0 Å². The number of carbonyl (C=O) groups is 1. The molecule has 78 valence electrons. The minimum Gasteiger partial charge on any atom is -0.376 e. The normalized spacial score (nSPS) is 37.1. The highest BCUT2D eigenvalue weighted by molar-refractivity contribution is 5.81. The summed E-state index contributed by atoms with van der Waals surface area (Å²) in [7, 11) is 0. The van der Waals surface area contributed by atoms with Gasteiger partial charge in [0.05, 0.1) is 12.1 Å². The van der Waals surface area contributed by atoms with Gasteiger partial charge in [0.15, 0.2) is 0 Å². The standard InChI is InChI=1S/C11H17NO2/c13-11(8-3-4-8)12-9-5-6-14-10(9)7-1-2-7/h7-10H,1-6H2,(H,12,13). The first-order chi connectivity index (χ1) is 6.84. The first kappa shape index (κ1) is 8.72. The summed E-state index contributed by atoms with van der Waals surface area (Å²) in [5, 5.41) is 3.15. The van der Waals surface area contributed by atoms with Crippen LogP contribution in [0.1, 0.15) is 32.1 Å². The monoisotopic (exact) mass is 195 g/mol. The van der Waals surface area contributed by atoms with E-state index < -0.39 is 0 Å². The van der Waals surface area contributed by atoms with Crippen LogP contribution in [0.3, 0.4) is 0 Å². The van der Waals surface area contributed by atoms with Crippen LogP contribution in [0.15, 0.2) is 0 Å². The van der Waals surface area contributed by atoms with Gasteiger partial charge >= 0.3 is 0 Å². The molecule has 0 aromatic heterocycles. The fourth-order valence-electron chi connectivity index (χ4n) is 2.30. The van der Waals surface area contributed by atoms with Crippen molar-refractivity contribution in [1.29, 1.82) is 0 Å². The van der Waals surface area contributed by atoms with Gasteiger partial charge in [-0.15, -0.1) is 0 Å². The predicted molar refractivity (Wildman–Crippen MR) is 51.7 cm³/mol. The lowest BCUT2D eigenvalue weighted by molar-refractivity contribution is -0.123. The summed E-state index contributed by atoms with van der Waals surface area (Å²) in [5.41, 5.74) is 0.